The van der Waals surface area contributed by atoms with Crippen LogP contribution in [0.1, 0.15) is 70.8 Å². The van der Waals surface area contributed by atoms with Gasteiger partial charge >= 0.3 is 12.2 Å². The van der Waals surface area contributed by atoms with E-state index in [4.69, 9.17) is 0 Å². The quantitative estimate of drug-likeness (QED) is 0.335. The van der Waals surface area contributed by atoms with E-state index in [1.165, 1.54) is 12.5 Å². The highest BCUT2D eigenvalue weighted by molar-refractivity contribution is 5.79. The zero-order chi connectivity index (χ0) is 28.2. The van der Waals surface area contributed by atoms with E-state index in [0.717, 1.165) is 63.7 Å². The Labute approximate surface area is 234 Å². The number of rotatable bonds is 6. The Balaban J connectivity index is 0.00000441. The first kappa shape index (κ1) is 31.5. The molecule has 0 spiro atoms. The molecule has 0 aromatic heterocycles. The monoisotopic (exact) mass is 569 g/mol. The van der Waals surface area contributed by atoms with E-state index in [1.54, 1.807) is 16.8 Å². The van der Waals surface area contributed by atoms with Crippen molar-refractivity contribution >= 4 is 23.3 Å². The predicted molar refractivity (Wildman–Crippen MR) is 147 cm³/mol. The fourth-order valence-electron chi connectivity index (χ4n) is 6.11. The normalized spacial score (nSPS) is 19.6. The molecule has 1 N–H and O–H groups in total. The lowest BCUT2D eigenvalue weighted by molar-refractivity contribution is -0.388. The molecule has 1 aromatic carbocycles. The van der Waals surface area contributed by atoms with Crippen molar-refractivity contribution in [3.05, 3.63) is 33.9 Å². The Morgan fingerprint density at radius 1 is 1.00 bits per heavy atom. The van der Waals surface area contributed by atoms with Crippen LogP contribution in [0, 0.1) is 22.0 Å². The van der Waals surface area contributed by atoms with Gasteiger partial charge in [-0.25, -0.2) is 4.79 Å². The number of likely N-dealkylation sites (tertiary alicyclic amines) is 2. The van der Waals surface area contributed by atoms with Crippen molar-refractivity contribution in [1.82, 2.24) is 14.7 Å². The summed E-state index contributed by atoms with van der Waals surface area (Å²) in [4.78, 5) is 41.3. The highest BCUT2D eigenvalue weighted by Crippen LogP contribution is 2.38. The van der Waals surface area contributed by atoms with Gasteiger partial charge in [-0.1, -0.05) is 26.7 Å². The highest BCUT2D eigenvalue weighted by Gasteiger charge is 2.39. The molecule has 0 unspecified atom stereocenters. The number of nitrogens with zero attached hydrogens (tertiary/aromatic N) is 4. The van der Waals surface area contributed by atoms with Gasteiger partial charge < -0.3 is 20.0 Å². The number of benzene rings is 1. The minimum absolute atomic E-state index is 0. The van der Waals surface area contributed by atoms with E-state index in [9.17, 15) is 32.9 Å². The average molecular weight is 570 g/mol. The zero-order valence-corrected chi connectivity index (χ0v) is 22.4. The van der Waals surface area contributed by atoms with E-state index in [-0.39, 0.29) is 31.1 Å². The van der Waals surface area contributed by atoms with Crippen molar-refractivity contribution in [3.63, 3.8) is 0 Å². The van der Waals surface area contributed by atoms with Crippen LogP contribution in [0.2, 0.25) is 0 Å². The van der Waals surface area contributed by atoms with Crippen LogP contribution in [0.15, 0.2) is 18.2 Å². The summed E-state index contributed by atoms with van der Waals surface area (Å²) in [6.07, 6.45) is 3.57. The first-order chi connectivity index (χ1) is 18.5. The molecular formula is C28H42F3N5O4. The number of hydrogen-bond acceptors (Lipinski definition) is 5. The summed E-state index contributed by atoms with van der Waals surface area (Å²) >= 11 is 0. The van der Waals surface area contributed by atoms with Crippen LogP contribution in [0.3, 0.4) is 0 Å². The first-order valence-electron chi connectivity index (χ1n) is 13.9. The Morgan fingerprint density at radius 3 is 2.17 bits per heavy atom. The number of carbonyl (C=O) groups excluding carboxylic acids is 2. The maximum absolute atomic E-state index is 13.3. The summed E-state index contributed by atoms with van der Waals surface area (Å²) in [6.45, 7) is 3.06. The summed E-state index contributed by atoms with van der Waals surface area (Å²) in [7, 11) is 1.79. The second-order valence-electron chi connectivity index (χ2n) is 11.2. The van der Waals surface area contributed by atoms with Gasteiger partial charge in [0.05, 0.1) is 4.92 Å². The molecule has 3 amide bonds. The van der Waals surface area contributed by atoms with Gasteiger partial charge in [0, 0.05) is 63.5 Å². The molecule has 4 rings (SSSR count). The van der Waals surface area contributed by atoms with E-state index < -0.39 is 22.4 Å². The molecule has 0 atom stereocenters. The fourth-order valence-corrected chi connectivity index (χ4v) is 6.11. The van der Waals surface area contributed by atoms with Gasteiger partial charge in [-0.2, -0.15) is 13.2 Å². The predicted octanol–water partition coefficient (Wildman–Crippen LogP) is 6.00. The molecule has 3 aliphatic rings. The average Bonchev–Trinajstić information content (AvgIpc) is 2.93. The van der Waals surface area contributed by atoms with Gasteiger partial charge in [-0.05, 0) is 56.6 Å². The second kappa shape index (κ2) is 13.5. The Morgan fingerprint density at radius 2 is 1.60 bits per heavy atom. The van der Waals surface area contributed by atoms with Crippen LogP contribution in [0.5, 0.6) is 0 Å². The number of hydrogen-bond donors (Lipinski definition) is 1. The van der Waals surface area contributed by atoms with Crippen molar-refractivity contribution in [3.8, 4) is 0 Å². The standard InChI is InChI=1S/C27H38F3N5O4.CH4/c1-32(18-19-9-13-33(14-10-19)25(36)20-5-3-2-4-6-20)26(37)34-15-11-21(12-16-34)31-22-7-8-24(35(38)39)23(17-22)27(28,29)30;/h7-8,17,19-21,31H,2-6,9-16,18H2,1H3;1H4. The molecule has 1 aromatic rings. The van der Waals surface area contributed by atoms with Gasteiger partial charge in [0.25, 0.3) is 5.69 Å². The third-order valence-electron chi connectivity index (χ3n) is 8.37. The number of anilines is 1. The Kier molecular flexibility index (Phi) is 10.7. The third-order valence-corrected chi connectivity index (χ3v) is 8.37. The van der Waals surface area contributed by atoms with Crippen LogP contribution < -0.4 is 5.32 Å². The lowest BCUT2D eigenvalue weighted by Gasteiger charge is -2.38. The molecule has 1 aliphatic carbocycles. The molecule has 9 nitrogen and oxygen atoms in total. The topological polar surface area (TPSA) is 99.0 Å². The van der Waals surface area contributed by atoms with Crippen LogP contribution in [0.4, 0.5) is 29.3 Å². The van der Waals surface area contributed by atoms with E-state index in [0.29, 0.717) is 44.3 Å². The summed E-state index contributed by atoms with van der Waals surface area (Å²) in [5.74, 6) is 0.833. The molecule has 2 heterocycles. The summed E-state index contributed by atoms with van der Waals surface area (Å²) in [6, 6.07) is 2.72. The molecule has 2 saturated heterocycles. The molecule has 40 heavy (non-hydrogen) atoms. The number of nitro groups is 1. The molecule has 12 heteroatoms. The number of halogens is 3. The fraction of sp³-hybridized carbons (Fsp3) is 0.714. The van der Waals surface area contributed by atoms with Crippen molar-refractivity contribution in [2.45, 2.75) is 77.4 Å². The molecule has 224 valence electrons. The van der Waals surface area contributed by atoms with Gasteiger partial charge in [-0.3, -0.25) is 14.9 Å². The van der Waals surface area contributed by atoms with Crippen molar-refractivity contribution < 1.29 is 27.7 Å². The number of amides is 3. The van der Waals surface area contributed by atoms with Crippen LogP contribution in [-0.4, -0.2) is 77.4 Å². The lowest BCUT2D eigenvalue weighted by atomic mass is 9.87. The largest absolute Gasteiger partial charge is 0.423 e. The molecule has 3 fully saturated rings. The van der Waals surface area contributed by atoms with Gasteiger partial charge in [-0.15, -0.1) is 0 Å². The second-order valence-corrected chi connectivity index (χ2v) is 11.2. The molecule has 1 saturated carbocycles. The number of piperidine rings is 2. The van der Waals surface area contributed by atoms with E-state index in [1.807, 2.05) is 4.90 Å². The first-order valence-corrected chi connectivity index (χ1v) is 13.9. The number of carbonyl (C=O) groups is 2. The van der Waals surface area contributed by atoms with Crippen molar-refractivity contribution in [1.29, 1.82) is 0 Å². The summed E-state index contributed by atoms with van der Waals surface area (Å²) in [5.41, 5.74) is -2.09. The summed E-state index contributed by atoms with van der Waals surface area (Å²) < 4.78 is 39.9. The lowest BCUT2D eigenvalue weighted by Crippen LogP contribution is -2.49. The van der Waals surface area contributed by atoms with Crippen LogP contribution >= 0.6 is 0 Å². The van der Waals surface area contributed by atoms with Gasteiger partial charge in [0.2, 0.25) is 5.91 Å². The number of nitrogens with one attached hydrogen (secondary N) is 1. The summed E-state index contributed by atoms with van der Waals surface area (Å²) in [5, 5.41) is 14.0. The smallest absolute Gasteiger partial charge is 0.382 e. The van der Waals surface area contributed by atoms with E-state index in [2.05, 4.69) is 5.32 Å². The van der Waals surface area contributed by atoms with Gasteiger partial charge in [0.15, 0.2) is 0 Å². The van der Waals surface area contributed by atoms with Gasteiger partial charge in [0.1, 0.15) is 5.56 Å². The molecule has 2 aliphatic heterocycles. The van der Waals surface area contributed by atoms with Crippen LogP contribution in [0.25, 0.3) is 0 Å². The maximum atomic E-state index is 13.3. The number of nitro benzene ring substituents is 1. The number of urea groups is 1. The molecular weight excluding hydrogens is 527 g/mol. The number of alkyl halides is 3. The Bertz CT molecular complexity index is 1030. The molecule has 0 bridgehead atoms. The van der Waals surface area contributed by atoms with E-state index >= 15 is 0 Å². The zero-order valence-electron chi connectivity index (χ0n) is 22.4. The van der Waals surface area contributed by atoms with Crippen LogP contribution in [-0.2, 0) is 11.0 Å². The van der Waals surface area contributed by atoms with Crippen molar-refractivity contribution in [2.75, 3.05) is 45.1 Å². The SMILES string of the molecule is C.CN(CC1CCN(C(=O)C2CCCCC2)CC1)C(=O)N1CCC(Nc2ccc([N+](=O)[O-])c(C(F)(F)F)c2)CC1. The highest BCUT2D eigenvalue weighted by atomic mass is 19.4. The minimum Gasteiger partial charge on any atom is -0.382 e. The molecule has 0 radical (unpaired) electrons. The van der Waals surface area contributed by atoms with Crippen molar-refractivity contribution in [2.24, 2.45) is 11.8 Å². The Hall–Kier alpha value is -3.05. The maximum Gasteiger partial charge on any atom is 0.423 e. The third kappa shape index (κ3) is 7.78. The minimum atomic E-state index is -4.83.